The summed E-state index contributed by atoms with van der Waals surface area (Å²) in [6.45, 7) is 10.6. The average molecular weight is 427 g/mol. The Morgan fingerprint density at radius 2 is 2.03 bits per heavy atom. The Bertz CT molecular complexity index is 875. The number of hydrogen-bond donors (Lipinski definition) is 0. The molecule has 0 bridgehead atoms. The molecule has 3 heterocycles. The summed E-state index contributed by atoms with van der Waals surface area (Å²) >= 11 is 0. The maximum atomic E-state index is 13.0. The third-order valence-electron chi connectivity index (χ3n) is 6.88. The molecule has 0 radical (unpaired) electrons. The van der Waals surface area contributed by atoms with Crippen molar-refractivity contribution in [2.75, 3.05) is 26.3 Å². The van der Waals surface area contributed by atoms with E-state index in [1.54, 1.807) is 0 Å². The summed E-state index contributed by atoms with van der Waals surface area (Å²) in [4.78, 5) is 15.0. The second-order valence-electron chi connectivity index (χ2n) is 9.40. The van der Waals surface area contributed by atoms with E-state index in [1.165, 1.54) is 5.56 Å². The molecule has 1 amide bonds. The number of amides is 1. The molecule has 6 heteroatoms. The van der Waals surface area contributed by atoms with Crippen molar-refractivity contribution >= 4 is 5.91 Å². The van der Waals surface area contributed by atoms with Gasteiger partial charge in [-0.1, -0.05) is 49.3 Å². The van der Waals surface area contributed by atoms with Crippen molar-refractivity contribution in [3.63, 3.8) is 0 Å². The van der Waals surface area contributed by atoms with Gasteiger partial charge in [0, 0.05) is 18.5 Å². The fourth-order valence-electron chi connectivity index (χ4n) is 5.05. The largest absolute Gasteiger partial charge is 0.370 e. The molecular weight excluding hydrogens is 392 g/mol. The number of ether oxygens (including phenoxy) is 2. The lowest BCUT2D eigenvalue weighted by atomic mass is 9.75. The molecule has 1 aromatic carbocycles. The van der Waals surface area contributed by atoms with Gasteiger partial charge < -0.3 is 18.9 Å². The van der Waals surface area contributed by atoms with Crippen LogP contribution in [0.3, 0.4) is 0 Å². The first-order chi connectivity index (χ1) is 14.9. The second kappa shape index (κ2) is 9.13. The third kappa shape index (κ3) is 4.70. The van der Waals surface area contributed by atoms with E-state index in [2.05, 4.69) is 43.3 Å². The van der Waals surface area contributed by atoms with Gasteiger partial charge >= 0.3 is 0 Å². The van der Waals surface area contributed by atoms with Gasteiger partial charge in [-0.05, 0) is 44.1 Å². The minimum atomic E-state index is -0.419. The number of nitrogens with zero attached hydrogens (tertiary/aromatic N) is 2. The van der Waals surface area contributed by atoms with Crippen molar-refractivity contribution in [3.05, 3.63) is 52.9 Å². The lowest BCUT2D eigenvalue weighted by molar-refractivity contribution is -0.211. The predicted molar refractivity (Wildman–Crippen MR) is 118 cm³/mol. The predicted octanol–water partition coefficient (Wildman–Crippen LogP) is 4.26. The van der Waals surface area contributed by atoms with E-state index in [1.807, 2.05) is 24.8 Å². The van der Waals surface area contributed by atoms with Gasteiger partial charge in [0.2, 0.25) is 5.91 Å². The van der Waals surface area contributed by atoms with Crippen LogP contribution < -0.4 is 0 Å². The molecule has 0 N–H and O–H groups in total. The highest BCUT2D eigenvalue weighted by Crippen LogP contribution is 2.44. The summed E-state index contributed by atoms with van der Waals surface area (Å²) < 4.78 is 18.0. The quantitative estimate of drug-likeness (QED) is 0.715. The number of aryl methyl sites for hydroxylation is 2. The molecule has 2 saturated heterocycles. The minimum Gasteiger partial charge on any atom is -0.370 e. The zero-order valence-corrected chi connectivity index (χ0v) is 19.1. The van der Waals surface area contributed by atoms with Crippen molar-refractivity contribution < 1.29 is 18.8 Å². The van der Waals surface area contributed by atoms with Gasteiger partial charge in [-0.3, -0.25) is 4.79 Å². The molecule has 1 spiro atoms. The summed E-state index contributed by atoms with van der Waals surface area (Å²) in [5.41, 5.74) is 2.72. The van der Waals surface area contributed by atoms with Gasteiger partial charge in [0.15, 0.2) is 0 Å². The van der Waals surface area contributed by atoms with Crippen molar-refractivity contribution in [2.24, 2.45) is 11.8 Å². The number of rotatable bonds is 5. The summed E-state index contributed by atoms with van der Waals surface area (Å²) in [6, 6.07) is 10.5. The number of aromatic nitrogens is 1. The highest BCUT2D eigenvalue weighted by Gasteiger charge is 2.47. The maximum Gasteiger partial charge on any atom is 0.223 e. The second-order valence-corrected chi connectivity index (χ2v) is 9.40. The molecule has 0 aliphatic carbocycles. The first-order valence-electron chi connectivity index (χ1n) is 11.4. The smallest absolute Gasteiger partial charge is 0.223 e. The molecule has 1 aromatic heterocycles. The molecule has 3 atom stereocenters. The standard InChI is InChI=1S/C25H34N2O4/c1-17(2)22-14-25(16-29-24(22)20-8-6-5-7-9-20)15-27(12-13-30-25)23(28)11-10-21-18(3)26-31-19(21)4/h5-9,17,22,24H,10-16H2,1-4H3/t22-,24-,25-/m0/s1. The van der Waals surface area contributed by atoms with Crippen LogP contribution in [-0.4, -0.2) is 47.9 Å². The van der Waals surface area contributed by atoms with E-state index in [0.717, 1.165) is 23.4 Å². The lowest BCUT2D eigenvalue weighted by Crippen LogP contribution is -2.59. The molecule has 0 unspecified atom stereocenters. The molecule has 6 nitrogen and oxygen atoms in total. The van der Waals surface area contributed by atoms with Crippen molar-refractivity contribution in [1.82, 2.24) is 10.1 Å². The van der Waals surface area contributed by atoms with Gasteiger partial charge in [0.1, 0.15) is 11.4 Å². The highest BCUT2D eigenvalue weighted by atomic mass is 16.6. The number of benzene rings is 1. The molecule has 2 aromatic rings. The van der Waals surface area contributed by atoms with Gasteiger partial charge in [0.05, 0.1) is 31.6 Å². The van der Waals surface area contributed by atoms with Crippen LogP contribution in [0.25, 0.3) is 0 Å². The van der Waals surface area contributed by atoms with Crippen LogP contribution in [0.1, 0.15) is 55.4 Å². The SMILES string of the molecule is Cc1noc(C)c1CCC(=O)N1CCO[C@]2(CO[C@@H](c3ccccc3)[C@H](C(C)C)C2)C1. The fourth-order valence-corrected chi connectivity index (χ4v) is 5.05. The van der Waals surface area contributed by atoms with Crippen molar-refractivity contribution in [1.29, 1.82) is 0 Å². The number of carbonyl (C=O) groups is 1. The van der Waals surface area contributed by atoms with Gasteiger partial charge in [-0.25, -0.2) is 0 Å². The first-order valence-corrected chi connectivity index (χ1v) is 11.4. The van der Waals surface area contributed by atoms with Crippen LogP contribution in [0.4, 0.5) is 0 Å². The number of hydrogen-bond acceptors (Lipinski definition) is 5. The molecule has 0 saturated carbocycles. The van der Waals surface area contributed by atoms with Crippen LogP contribution >= 0.6 is 0 Å². The van der Waals surface area contributed by atoms with Crippen LogP contribution in [0.2, 0.25) is 0 Å². The maximum absolute atomic E-state index is 13.0. The molecule has 31 heavy (non-hydrogen) atoms. The van der Waals surface area contributed by atoms with E-state index in [9.17, 15) is 4.79 Å². The third-order valence-corrected chi connectivity index (χ3v) is 6.88. The normalized spacial score (nSPS) is 26.5. The highest BCUT2D eigenvalue weighted by molar-refractivity contribution is 5.76. The average Bonchev–Trinajstić information content (AvgIpc) is 3.10. The molecular formula is C25H34N2O4. The van der Waals surface area contributed by atoms with Crippen LogP contribution in [0.5, 0.6) is 0 Å². The Balaban J connectivity index is 1.43. The van der Waals surface area contributed by atoms with Crippen LogP contribution in [0.15, 0.2) is 34.9 Å². The van der Waals surface area contributed by atoms with E-state index in [4.69, 9.17) is 14.0 Å². The Kier molecular flexibility index (Phi) is 6.49. The lowest BCUT2D eigenvalue weighted by Gasteiger charge is -2.50. The molecule has 2 aliphatic heterocycles. The van der Waals surface area contributed by atoms with Crippen molar-refractivity contribution in [3.8, 4) is 0 Å². The van der Waals surface area contributed by atoms with Gasteiger partial charge in [-0.15, -0.1) is 0 Å². The molecule has 2 fully saturated rings. The van der Waals surface area contributed by atoms with E-state index in [-0.39, 0.29) is 12.0 Å². The summed E-state index contributed by atoms with van der Waals surface area (Å²) in [5.74, 6) is 1.76. The Hall–Kier alpha value is -2.18. The van der Waals surface area contributed by atoms with Crippen molar-refractivity contribution in [2.45, 2.75) is 58.7 Å². The molecule has 2 aliphatic rings. The monoisotopic (exact) mass is 426 g/mol. The van der Waals surface area contributed by atoms with E-state index in [0.29, 0.717) is 51.0 Å². The van der Waals surface area contributed by atoms with Gasteiger partial charge in [-0.2, -0.15) is 0 Å². The summed E-state index contributed by atoms with van der Waals surface area (Å²) in [7, 11) is 0. The zero-order valence-electron chi connectivity index (χ0n) is 19.1. The summed E-state index contributed by atoms with van der Waals surface area (Å²) in [6.07, 6.45) is 2.09. The Labute approximate surface area is 184 Å². The number of carbonyl (C=O) groups excluding carboxylic acids is 1. The van der Waals surface area contributed by atoms with E-state index < -0.39 is 5.60 Å². The molecule has 168 valence electrons. The summed E-state index contributed by atoms with van der Waals surface area (Å²) in [5, 5.41) is 4.00. The van der Waals surface area contributed by atoms with Gasteiger partial charge in [0.25, 0.3) is 0 Å². The molecule has 4 rings (SSSR count). The Morgan fingerprint density at radius 1 is 1.26 bits per heavy atom. The fraction of sp³-hybridized carbons (Fsp3) is 0.600. The van der Waals surface area contributed by atoms with Crippen LogP contribution in [0, 0.1) is 25.7 Å². The van der Waals surface area contributed by atoms with E-state index >= 15 is 0 Å². The number of morpholine rings is 1. The Morgan fingerprint density at radius 3 is 2.71 bits per heavy atom. The van der Waals surface area contributed by atoms with Crippen LogP contribution in [-0.2, 0) is 20.7 Å². The first kappa shape index (κ1) is 22.0. The zero-order chi connectivity index (χ0) is 22.0. The topological polar surface area (TPSA) is 64.8 Å². The minimum absolute atomic E-state index is 0.0704.